The van der Waals surface area contributed by atoms with Gasteiger partial charge >= 0.3 is 0 Å². The number of furan rings is 1. The van der Waals surface area contributed by atoms with Crippen molar-refractivity contribution in [2.75, 3.05) is 6.54 Å². The normalized spacial score (nSPS) is 12.6. The Morgan fingerprint density at radius 3 is 2.83 bits per heavy atom. The van der Waals surface area contributed by atoms with Crippen molar-refractivity contribution >= 4 is 15.9 Å². The molecule has 2 aromatic heterocycles. The Hall–Kier alpha value is -1.13. The topological polar surface area (TPSA) is 38.1 Å². The van der Waals surface area contributed by atoms with Crippen LogP contribution in [0.15, 0.2) is 39.7 Å². The molecule has 0 saturated carbocycles. The molecule has 0 spiro atoms. The predicted octanol–water partition coefficient (Wildman–Crippen LogP) is 3.64. The Labute approximate surface area is 116 Å². The molecule has 4 heteroatoms. The van der Waals surface area contributed by atoms with Crippen molar-refractivity contribution in [3.63, 3.8) is 0 Å². The lowest BCUT2D eigenvalue weighted by Gasteiger charge is -2.16. The first-order valence-electron chi connectivity index (χ1n) is 6.07. The van der Waals surface area contributed by atoms with Crippen LogP contribution in [0.1, 0.15) is 29.9 Å². The minimum atomic E-state index is 0.267. The Balaban J connectivity index is 2.16. The van der Waals surface area contributed by atoms with E-state index in [1.165, 1.54) is 11.1 Å². The number of nitrogens with one attached hydrogen (secondary N) is 1. The summed E-state index contributed by atoms with van der Waals surface area (Å²) in [6.45, 7) is 5.00. The van der Waals surface area contributed by atoms with Gasteiger partial charge < -0.3 is 9.73 Å². The summed E-state index contributed by atoms with van der Waals surface area (Å²) in [5, 5.41) is 3.48. The van der Waals surface area contributed by atoms with Crippen LogP contribution in [-0.2, 0) is 6.42 Å². The SMILES string of the molecule is CCNC(Cc1cncc(Br)c1)c1coc(C)c1. The summed E-state index contributed by atoms with van der Waals surface area (Å²) in [6.07, 6.45) is 6.43. The number of likely N-dealkylation sites (N-methyl/N-ethyl adjacent to an activating group) is 1. The van der Waals surface area contributed by atoms with Gasteiger partial charge in [0.05, 0.1) is 6.26 Å². The quantitative estimate of drug-likeness (QED) is 0.916. The molecule has 1 atom stereocenters. The lowest BCUT2D eigenvalue weighted by molar-refractivity contribution is 0.511. The zero-order valence-electron chi connectivity index (χ0n) is 10.6. The summed E-state index contributed by atoms with van der Waals surface area (Å²) >= 11 is 3.45. The van der Waals surface area contributed by atoms with Gasteiger partial charge in [-0.25, -0.2) is 0 Å². The largest absolute Gasteiger partial charge is 0.469 e. The van der Waals surface area contributed by atoms with Crippen molar-refractivity contribution < 1.29 is 4.42 Å². The minimum Gasteiger partial charge on any atom is -0.469 e. The van der Waals surface area contributed by atoms with Crippen LogP contribution in [0.3, 0.4) is 0 Å². The third-order valence-corrected chi connectivity index (χ3v) is 3.24. The van der Waals surface area contributed by atoms with Crippen molar-refractivity contribution in [3.05, 3.63) is 52.1 Å². The van der Waals surface area contributed by atoms with Crippen LogP contribution in [0.25, 0.3) is 0 Å². The molecule has 0 aliphatic carbocycles. The fourth-order valence-corrected chi connectivity index (χ4v) is 2.42. The molecular formula is C14H17BrN2O. The molecule has 1 N–H and O–H groups in total. The van der Waals surface area contributed by atoms with E-state index in [1.54, 1.807) is 6.20 Å². The van der Waals surface area contributed by atoms with Gasteiger partial charge in [-0.1, -0.05) is 6.92 Å². The van der Waals surface area contributed by atoms with E-state index in [-0.39, 0.29) is 6.04 Å². The molecule has 2 rings (SSSR count). The molecule has 0 bridgehead atoms. The predicted molar refractivity (Wildman–Crippen MR) is 75.5 cm³/mol. The van der Waals surface area contributed by atoms with E-state index < -0.39 is 0 Å². The number of aromatic nitrogens is 1. The summed E-state index contributed by atoms with van der Waals surface area (Å²) in [4.78, 5) is 4.20. The van der Waals surface area contributed by atoms with Gasteiger partial charge in [-0.2, -0.15) is 0 Å². The molecule has 0 radical (unpaired) electrons. The highest BCUT2D eigenvalue weighted by Crippen LogP contribution is 2.21. The second kappa shape index (κ2) is 6.16. The molecule has 0 aliphatic heterocycles. The fourth-order valence-electron chi connectivity index (χ4n) is 2.00. The van der Waals surface area contributed by atoms with Crippen molar-refractivity contribution in [1.82, 2.24) is 10.3 Å². The minimum absolute atomic E-state index is 0.267. The smallest absolute Gasteiger partial charge is 0.101 e. The van der Waals surface area contributed by atoms with Crippen LogP contribution in [0.5, 0.6) is 0 Å². The van der Waals surface area contributed by atoms with Gasteiger partial charge in [0.2, 0.25) is 0 Å². The number of halogens is 1. The van der Waals surface area contributed by atoms with Gasteiger partial charge in [-0.15, -0.1) is 0 Å². The molecule has 0 aromatic carbocycles. The monoisotopic (exact) mass is 308 g/mol. The fraction of sp³-hybridized carbons (Fsp3) is 0.357. The number of nitrogens with zero attached hydrogens (tertiary/aromatic N) is 1. The number of hydrogen-bond donors (Lipinski definition) is 1. The third-order valence-electron chi connectivity index (χ3n) is 2.81. The van der Waals surface area contributed by atoms with Gasteiger partial charge in [-0.05, 0) is 53.5 Å². The Morgan fingerprint density at radius 2 is 2.22 bits per heavy atom. The van der Waals surface area contributed by atoms with Crippen LogP contribution in [0.2, 0.25) is 0 Å². The van der Waals surface area contributed by atoms with E-state index in [0.717, 1.165) is 23.2 Å². The van der Waals surface area contributed by atoms with Crippen LogP contribution in [0.4, 0.5) is 0 Å². The third kappa shape index (κ3) is 3.43. The van der Waals surface area contributed by atoms with Gasteiger partial charge in [0.15, 0.2) is 0 Å². The van der Waals surface area contributed by atoms with E-state index in [9.17, 15) is 0 Å². The summed E-state index contributed by atoms with van der Waals surface area (Å²) in [5.41, 5.74) is 2.39. The maximum Gasteiger partial charge on any atom is 0.101 e. The summed E-state index contributed by atoms with van der Waals surface area (Å²) in [5.74, 6) is 0.945. The highest BCUT2D eigenvalue weighted by atomic mass is 79.9. The van der Waals surface area contributed by atoms with Gasteiger partial charge in [-0.3, -0.25) is 4.98 Å². The van der Waals surface area contributed by atoms with Crippen molar-refractivity contribution in [1.29, 1.82) is 0 Å². The van der Waals surface area contributed by atoms with Gasteiger partial charge in [0.1, 0.15) is 5.76 Å². The van der Waals surface area contributed by atoms with E-state index in [1.807, 2.05) is 19.4 Å². The number of rotatable bonds is 5. The van der Waals surface area contributed by atoms with Gasteiger partial charge in [0.25, 0.3) is 0 Å². The molecule has 2 aromatic rings. The summed E-state index contributed by atoms with van der Waals surface area (Å²) in [6, 6.07) is 4.45. The van der Waals surface area contributed by atoms with Crippen molar-refractivity contribution in [2.45, 2.75) is 26.3 Å². The summed E-state index contributed by atoms with van der Waals surface area (Å²) in [7, 11) is 0. The zero-order valence-corrected chi connectivity index (χ0v) is 12.2. The highest BCUT2D eigenvalue weighted by molar-refractivity contribution is 9.10. The molecular weight excluding hydrogens is 292 g/mol. The van der Waals surface area contributed by atoms with Crippen LogP contribution < -0.4 is 5.32 Å². The summed E-state index contributed by atoms with van der Waals surface area (Å²) < 4.78 is 6.40. The van der Waals surface area contributed by atoms with E-state index in [2.05, 4.69) is 45.3 Å². The lowest BCUT2D eigenvalue weighted by atomic mass is 10.0. The zero-order chi connectivity index (χ0) is 13.0. The molecule has 1 unspecified atom stereocenters. The van der Waals surface area contributed by atoms with Crippen LogP contribution >= 0.6 is 15.9 Å². The number of hydrogen-bond acceptors (Lipinski definition) is 3. The molecule has 96 valence electrons. The highest BCUT2D eigenvalue weighted by Gasteiger charge is 2.13. The number of aryl methyl sites for hydroxylation is 1. The Kier molecular flexibility index (Phi) is 4.55. The van der Waals surface area contributed by atoms with E-state index in [4.69, 9.17) is 4.42 Å². The number of pyridine rings is 1. The first-order chi connectivity index (χ1) is 8.69. The maximum absolute atomic E-state index is 5.39. The Bertz CT molecular complexity index is 510. The molecule has 18 heavy (non-hydrogen) atoms. The van der Waals surface area contributed by atoms with Gasteiger partial charge in [0, 0.05) is 28.5 Å². The second-order valence-electron chi connectivity index (χ2n) is 4.32. The average molecular weight is 309 g/mol. The van der Waals surface area contributed by atoms with E-state index in [0.29, 0.717) is 0 Å². The molecule has 0 aliphatic rings. The first kappa shape index (κ1) is 13.3. The molecule has 0 fully saturated rings. The van der Waals surface area contributed by atoms with Crippen LogP contribution in [0, 0.1) is 6.92 Å². The molecule has 0 saturated heterocycles. The van der Waals surface area contributed by atoms with E-state index >= 15 is 0 Å². The van der Waals surface area contributed by atoms with Crippen molar-refractivity contribution in [2.24, 2.45) is 0 Å². The molecule has 3 nitrogen and oxygen atoms in total. The van der Waals surface area contributed by atoms with Crippen LogP contribution in [-0.4, -0.2) is 11.5 Å². The second-order valence-corrected chi connectivity index (χ2v) is 5.23. The van der Waals surface area contributed by atoms with Crippen molar-refractivity contribution in [3.8, 4) is 0 Å². The first-order valence-corrected chi connectivity index (χ1v) is 6.86. The molecule has 0 amide bonds. The molecule has 2 heterocycles. The maximum atomic E-state index is 5.39. The lowest BCUT2D eigenvalue weighted by Crippen LogP contribution is -2.22. The average Bonchev–Trinajstić information content (AvgIpc) is 2.75. The Morgan fingerprint density at radius 1 is 1.39 bits per heavy atom. The standard InChI is InChI=1S/C14H17BrN2O/c1-3-17-14(12-4-10(2)18-9-12)6-11-5-13(15)8-16-7-11/h4-5,7-9,14,17H,3,6H2,1-2H3.